The Balaban J connectivity index is 2.10. The molecule has 0 spiro atoms. The first-order valence-electron chi connectivity index (χ1n) is 12.2. The van der Waals surface area contributed by atoms with Crippen molar-refractivity contribution in [3.8, 4) is 0 Å². The Morgan fingerprint density at radius 2 is 1.94 bits per heavy atom. The van der Waals surface area contributed by atoms with Crippen LogP contribution in [0.1, 0.15) is 73.1 Å². The third-order valence-corrected chi connectivity index (χ3v) is 7.37. The van der Waals surface area contributed by atoms with E-state index in [0.29, 0.717) is 18.3 Å². The van der Waals surface area contributed by atoms with Gasteiger partial charge in [-0.05, 0) is 69.3 Å². The molecule has 0 aromatic heterocycles. The molecule has 2 aliphatic rings. The number of nitrogens with one attached hydrogen (secondary N) is 1. The zero-order valence-corrected chi connectivity index (χ0v) is 20.6. The van der Waals surface area contributed by atoms with E-state index in [1.54, 1.807) is 0 Å². The zero-order chi connectivity index (χ0) is 24.1. The van der Waals surface area contributed by atoms with Crippen molar-refractivity contribution >= 4 is 11.9 Å². The van der Waals surface area contributed by atoms with Crippen LogP contribution in [0.2, 0.25) is 0 Å². The number of carbonyl (C=O) groups is 2. The Labute approximate surface area is 193 Å². The first-order valence-corrected chi connectivity index (χ1v) is 12.2. The van der Waals surface area contributed by atoms with E-state index in [0.717, 1.165) is 19.3 Å². The lowest BCUT2D eigenvalue weighted by atomic mass is 9.65. The molecule has 0 fully saturated rings. The second-order valence-corrected chi connectivity index (χ2v) is 10.5. The van der Waals surface area contributed by atoms with Gasteiger partial charge in [-0.25, -0.2) is 0 Å². The molecule has 2 rings (SSSR count). The molecule has 7 atom stereocenters. The molecule has 0 bridgehead atoms. The fourth-order valence-corrected chi connectivity index (χ4v) is 4.88. The molecule has 0 heterocycles. The van der Waals surface area contributed by atoms with E-state index in [1.165, 1.54) is 12.6 Å². The maximum absolute atomic E-state index is 12.9. The lowest BCUT2D eigenvalue weighted by Gasteiger charge is -2.44. The summed E-state index contributed by atoms with van der Waals surface area (Å²) in [5.41, 5.74) is 0.723. The van der Waals surface area contributed by atoms with E-state index >= 15 is 0 Å². The fourth-order valence-electron chi connectivity index (χ4n) is 4.88. The third kappa shape index (κ3) is 6.92. The van der Waals surface area contributed by atoms with Crippen LogP contribution in [-0.2, 0) is 14.3 Å². The number of esters is 1. The van der Waals surface area contributed by atoms with Crippen molar-refractivity contribution in [3.63, 3.8) is 0 Å². The van der Waals surface area contributed by atoms with Crippen molar-refractivity contribution in [1.29, 1.82) is 0 Å². The summed E-state index contributed by atoms with van der Waals surface area (Å²) in [7, 11) is 1.53. The van der Waals surface area contributed by atoms with Crippen molar-refractivity contribution in [2.75, 3.05) is 7.05 Å². The van der Waals surface area contributed by atoms with Crippen molar-refractivity contribution in [2.45, 2.75) is 91.5 Å². The Morgan fingerprint density at radius 3 is 2.56 bits per heavy atom. The zero-order valence-electron chi connectivity index (χ0n) is 20.6. The smallest absolute Gasteiger partial charge is 0.311 e. The molecule has 0 saturated carbocycles. The molecule has 0 unspecified atom stereocenters. The van der Waals surface area contributed by atoms with Gasteiger partial charge in [-0.1, -0.05) is 39.0 Å². The monoisotopic (exact) mass is 449 g/mol. The van der Waals surface area contributed by atoms with E-state index in [9.17, 15) is 19.8 Å². The second-order valence-electron chi connectivity index (χ2n) is 10.5. The SMILES string of the molecule is CCC(C)(C)C(=O)O[C@H]1C[C@@H](C)C=C2C=C[C@H](C)[C@H](CC[C@@H](O)C[C@@H](O)CC(=O)NC)[C@H]21. The van der Waals surface area contributed by atoms with Crippen LogP contribution in [-0.4, -0.2) is 47.4 Å². The molecular formula is C26H43NO5. The van der Waals surface area contributed by atoms with Gasteiger partial charge in [0.15, 0.2) is 0 Å². The molecule has 0 radical (unpaired) electrons. The summed E-state index contributed by atoms with van der Waals surface area (Å²) in [5.74, 6) is 0.623. The number of ether oxygens (including phenoxy) is 1. The minimum Gasteiger partial charge on any atom is -0.461 e. The van der Waals surface area contributed by atoms with Gasteiger partial charge in [0.05, 0.1) is 24.0 Å². The molecule has 0 aromatic rings. The van der Waals surface area contributed by atoms with Gasteiger partial charge in [0.25, 0.3) is 0 Å². The Kier molecular flexibility index (Phi) is 9.53. The molecule has 3 N–H and O–H groups in total. The number of allylic oxidation sites excluding steroid dienone is 3. The summed E-state index contributed by atoms with van der Waals surface area (Å²) in [6.07, 6.45) is 7.99. The quantitative estimate of drug-likeness (QED) is 0.441. The lowest BCUT2D eigenvalue weighted by Crippen LogP contribution is -2.43. The van der Waals surface area contributed by atoms with Crippen molar-refractivity contribution < 1.29 is 24.5 Å². The molecule has 6 heteroatoms. The molecule has 6 nitrogen and oxygen atoms in total. The number of carbonyl (C=O) groups excluding carboxylic acids is 2. The van der Waals surface area contributed by atoms with E-state index in [4.69, 9.17) is 4.74 Å². The highest BCUT2D eigenvalue weighted by Crippen LogP contribution is 2.45. The number of aliphatic hydroxyl groups is 2. The van der Waals surface area contributed by atoms with E-state index in [1.807, 2.05) is 20.8 Å². The topological polar surface area (TPSA) is 95.9 Å². The first kappa shape index (κ1) is 26.6. The van der Waals surface area contributed by atoms with Crippen LogP contribution in [0.15, 0.2) is 23.8 Å². The number of hydrogen-bond acceptors (Lipinski definition) is 5. The highest BCUT2D eigenvalue weighted by molar-refractivity contribution is 5.76. The van der Waals surface area contributed by atoms with Gasteiger partial charge in [0.1, 0.15) is 6.10 Å². The highest BCUT2D eigenvalue weighted by atomic mass is 16.5. The highest BCUT2D eigenvalue weighted by Gasteiger charge is 2.42. The van der Waals surface area contributed by atoms with Crippen molar-refractivity contribution in [3.05, 3.63) is 23.8 Å². The van der Waals surface area contributed by atoms with Crippen LogP contribution in [0.4, 0.5) is 0 Å². The average Bonchev–Trinajstić information content (AvgIpc) is 2.72. The van der Waals surface area contributed by atoms with Crippen molar-refractivity contribution in [1.82, 2.24) is 5.32 Å². The fraction of sp³-hybridized carbons (Fsp3) is 0.769. The molecule has 1 amide bonds. The largest absolute Gasteiger partial charge is 0.461 e. The maximum Gasteiger partial charge on any atom is 0.311 e. The standard InChI is InChI=1S/C26H43NO5/c1-7-26(4,5)25(31)32-22-13-16(2)12-18-9-8-17(3)21(24(18)22)11-10-19(28)14-20(29)15-23(30)27-6/h8-9,12,16-17,19-22,24,28-29H,7,10-11,13-15H2,1-6H3,(H,27,30)/t16-,17-,19+,20+,21-,22-,24-/m0/s1. The second kappa shape index (κ2) is 11.5. The summed E-state index contributed by atoms with van der Waals surface area (Å²) in [6, 6.07) is 0. The molecule has 0 saturated heterocycles. The lowest BCUT2D eigenvalue weighted by molar-refractivity contribution is -0.164. The molecule has 0 aromatic carbocycles. The van der Waals surface area contributed by atoms with E-state index < -0.39 is 17.6 Å². The van der Waals surface area contributed by atoms with Gasteiger partial charge in [-0.3, -0.25) is 9.59 Å². The normalized spacial score (nSPS) is 29.5. The maximum atomic E-state index is 12.9. The summed E-state index contributed by atoms with van der Waals surface area (Å²) in [4.78, 5) is 24.3. The minimum atomic E-state index is -0.857. The number of hydrogen-bond donors (Lipinski definition) is 3. The summed E-state index contributed by atoms with van der Waals surface area (Å²) in [5, 5.41) is 23.1. The molecular weight excluding hydrogens is 406 g/mol. The van der Waals surface area contributed by atoms with E-state index in [-0.39, 0.29) is 42.7 Å². The number of aliphatic hydroxyl groups excluding tert-OH is 2. The molecule has 2 aliphatic carbocycles. The molecule has 32 heavy (non-hydrogen) atoms. The predicted molar refractivity (Wildman–Crippen MR) is 126 cm³/mol. The summed E-state index contributed by atoms with van der Waals surface area (Å²) >= 11 is 0. The van der Waals surface area contributed by atoms with Crippen molar-refractivity contribution in [2.24, 2.45) is 29.1 Å². The van der Waals surface area contributed by atoms with Crippen LogP contribution < -0.4 is 5.32 Å². The third-order valence-electron chi connectivity index (χ3n) is 7.37. The predicted octanol–water partition coefficient (Wildman–Crippen LogP) is 3.77. The average molecular weight is 450 g/mol. The van der Waals surface area contributed by atoms with Gasteiger partial charge in [-0.2, -0.15) is 0 Å². The summed E-state index contributed by atoms with van der Waals surface area (Å²) in [6.45, 7) is 10.2. The van der Waals surface area contributed by atoms with Gasteiger partial charge in [0.2, 0.25) is 5.91 Å². The molecule has 0 aliphatic heterocycles. The van der Waals surface area contributed by atoms with Gasteiger partial charge >= 0.3 is 5.97 Å². The number of rotatable bonds is 10. The van der Waals surface area contributed by atoms with E-state index in [2.05, 4.69) is 37.4 Å². The van der Waals surface area contributed by atoms with Crippen LogP contribution in [0, 0.1) is 29.1 Å². The minimum absolute atomic E-state index is 0.00519. The van der Waals surface area contributed by atoms with Crippen LogP contribution in [0.25, 0.3) is 0 Å². The van der Waals surface area contributed by atoms with Gasteiger partial charge < -0.3 is 20.3 Å². The number of amides is 1. The Bertz CT molecular complexity index is 713. The number of fused-ring (bicyclic) bond motifs is 1. The van der Waals surface area contributed by atoms with Gasteiger partial charge in [-0.15, -0.1) is 0 Å². The van der Waals surface area contributed by atoms with Crippen LogP contribution >= 0.6 is 0 Å². The van der Waals surface area contributed by atoms with Crippen LogP contribution in [0.5, 0.6) is 0 Å². The van der Waals surface area contributed by atoms with Crippen LogP contribution in [0.3, 0.4) is 0 Å². The first-order chi connectivity index (χ1) is 15.0. The Morgan fingerprint density at radius 1 is 1.25 bits per heavy atom. The summed E-state index contributed by atoms with van der Waals surface area (Å²) < 4.78 is 6.13. The Hall–Kier alpha value is -1.66. The molecule has 182 valence electrons. The van der Waals surface area contributed by atoms with Gasteiger partial charge in [0, 0.05) is 13.0 Å².